The molecule has 3 aromatic carbocycles. The molecule has 0 unspecified atom stereocenters. The maximum absolute atomic E-state index is 13.6. The van der Waals surface area contributed by atoms with Gasteiger partial charge in [-0.25, -0.2) is 8.42 Å². The van der Waals surface area contributed by atoms with Crippen LogP contribution in [0.25, 0.3) is 11.1 Å². The zero-order chi connectivity index (χ0) is 25.4. The minimum absolute atomic E-state index is 0.0709. The molecule has 0 spiro atoms. The maximum atomic E-state index is 13.6. The number of benzene rings is 3. The molecule has 3 atom stereocenters. The molecular weight excluding hydrogens is 472 g/mol. The molecule has 7 heteroatoms. The number of ether oxygens (including phenoxy) is 1. The number of aliphatic hydroxyl groups is 1. The third kappa shape index (κ3) is 4.45. The first-order valence-corrected chi connectivity index (χ1v) is 14.0. The summed E-state index contributed by atoms with van der Waals surface area (Å²) in [5.74, 6) is 0.673. The first kappa shape index (κ1) is 25.0. The summed E-state index contributed by atoms with van der Waals surface area (Å²) in [4.78, 5) is 2.42. The summed E-state index contributed by atoms with van der Waals surface area (Å²) in [6, 6.07) is 21.4. The van der Waals surface area contributed by atoms with Gasteiger partial charge in [0.1, 0.15) is 12.0 Å². The number of fused-ring (bicyclic) bond motifs is 1. The Bertz CT molecular complexity index is 1340. The van der Waals surface area contributed by atoms with Gasteiger partial charge in [0.15, 0.2) is 0 Å². The van der Waals surface area contributed by atoms with Gasteiger partial charge in [0.2, 0.25) is 10.0 Å². The van der Waals surface area contributed by atoms with Gasteiger partial charge in [-0.2, -0.15) is 4.31 Å². The Balaban J connectivity index is 1.42. The average molecular weight is 507 g/mol. The fraction of sp³-hybridized carbons (Fsp3) is 0.379. The number of hydrogen-bond donors (Lipinski definition) is 1. The lowest BCUT2D eigenvalue weighted by Crippen LogP contribution is -2.66. The summed E-state index contributed by atoms with van der Waals surface area (Å²) < 4.78 is 34.4. The molecule has 2 aliphatic heterocycles. The molecule has 1 N–H and O–H groups in total. The number of aliphatic hydroxyl groups excluding tert-OH is 1. The first-order valence-electron chi connectivity index (χ1n) is 12.6. The lowest BCUT2D eigenvalue weighted by atomic mass is 9.79. The van der Waals surface area contributed by atoms with E-state index in [9.17, 15) is 13.5 Å². The largest absolute Gasteiger partial charge is 0.496 e. The lowest BCUT2D eigenvalue weighted by Gasteiger charge is -2.55. The van der Waals surface area contributed by atoms with Crippen molar-refractivity contribution in [3.63, 3.8) is 0 Å². The monoisotopic (exact) mass is 506 g/mol. The van der Waals surface area contributed by atoms with Crippen LogP contribution in [0.3, 0.4) is 0 Å². The van der Waals surface area contributed by atoms with E-state index in [0.717, 1.165) is 53.0 Å². The minimum atomic E-state index is -3.62. The number of methoxy groups -OCH3 is 1. The van der Waals surface area contributed by atoms with Crippen LogP contribution < -0.4 is 4.74 Å². The summed E-state index contributed by atoms with van der Waals surface area (Å²) in [7, 11) is -1.95. The van der Waals surface area contributed by atoms with Crippen molar-refractivity contribution in [3.8, 4) is 16.9 Å². The molecule has 2 aliphatic rings. The molecular formula is C29H34N2O4S. The van der Waals surface area contributed by atoms with Crippen molar-refractivity contribution in [1.82, 2.24) is 9.21 Å². The highest BCUT2D eigenvalue weighted by Crippen LogP contribution is 2.42. The molecule has 2 fully saturated rings. The fourth-order valence-corrected chi connectivity index (χ4v) is 7.36. The highest BCUT2D eigenvalue weighted by molar-refractivity contribution is 7.89. The number of nitrogens with zero attached hydrogens (tertiary/aromatic N) is 2. The predicted octanol–water partition coefficient (Wildman–Crippen LogP) is 4.55. The van der Waals surface area contributed by atoms with E-state index in [2.05, 4.69) is 42.2 Å². The normalized spacial score (nSPS) is 23.3. The van der Waals surface area contributed by atoms with Crippen molar-refractivity contribution in [2.24, 2.45) is 0 Å². The summed E-state index contributed by atoms with van der Waals surface area (Å²) >= 11 is 0. The molecule has 2 heterocycles. The fourth-order valence-electron chi connectivity index (χ4n) is 5.63. The van der Waals surface area contributed by atoms with Crippen molar-refractivity contribution in [3.05, 3.63) is 83.4 Å². The number of hydrogen-bond acceptors (Lipinski definition) is 5. The minimum Gasteiger partial charge on any atom is -0.496 e. The highest BCUT2D eigenvalue weighted by atomic mass is 32.2. The van der Waals surface area contributed by atoms with Gasteiger partial charge in [-0.1, -0.05) is 54.1 Å². The van der Waals surface area contributed by atoms with Crippen LogP contribution >= 0.6 is 0 Å². The summed E-state index contributed by atoms with van der Waals surface area (Å²) in [5.41, 5.74) is 5.01. The van der Waals surface area contributed by atoms with Crippen LogP contribution in [0.2, 0.25) is 0 Å². The van der Waals surface area contributed by atoms with Crippen molar-refractivity contribution in [2.45, 2.75) is 49.8 Å². The average Bonchev–Trinajstić information content (AvgIpc) is 2.86. The van der Waals surface area contributed by atoms with E-state index >= 15 is 0 Å². The Hall–Kier alpha value is -2.71. The van der Waals surface area contributed by atoms with Gasteiger partial charge in [-0.15, -0.1) is 0 Å². The van der Waals surface area contributed by atoms with E-state index in [1.54, 1.807) is 23.5 Å². The van der Waals surface area contributed by atoms with E-state index in [0.29, 0.717) is 18.0 Å². The van der Waals surface area contributed by atoms with Gasteiger partial charge in [0.05, 0.1) is 12.0 Å². The lowest BCUT2D eigenvalue weighted by molar-refractivity contribution is -0.148. The molecule has 0 aliphatic carbocycles. The summed E-state index contributed by atoms with van der Waals surface area (Å²) in [6.45, 7) is 5.53. The van der Waals surface area contributed by atoms with Gasteiger partial charge < -0.3 is 9.84 Å². The molecule has 0 bridgehead atoms. The molecule has 5 rings (SSSR count). The second-order valence-electron chi connectivity index (χ2n) is 9.91. The smallest absolute Gasteiger partial charge is 0.243 e. The van der Waals surface area contributed by atoms with Crippen LogP contribution in [0, 0.1) is 13.8 Å². The van der Waals surface area contributed by atoms with Crippen LogP contribution in [0.15, 0.2) is 71.6 Å². The van der Waals surface area contributed by atoms with Gasteiger partial charge in [0, 0.05) is 37.2 Å². The van der Waals surface area contributed by atoms with Crippen molar-refractivity contribution < 1.29 is 18.3 Å². The van der Waals surface area contributed by atoms with Gasteiger partial charge in [0.25, 0.3) is 0 Å². The van der Waals surface area contributed by atoms with Crippen LogP contribution in [0.1, 0.15) is 35.4 Å². The summed E-state index contributed by atoms with van der Waals surface area (Å²) in [6.07, 6.45) is 1.01. The topological polar surface area (TPSA) is 70.1 Å². The molecule has 2 saturated heterocycles. The van der Waals surface area contributed by atoms with Crippen LogP contribution in [-0.4, -0.2) is 61.7 Å². The molecule has 0 aromatic heterocycles. The number of sulfonamides is 1. The zero-order valence-electron chi connectivity index (χ0n) is 21.1. The molecule has 0 amide bonds. The number of aryl methyl sites for hydroxylation is 2. The van der Waals surface area contributed by atoms with Crippen molar-refractivity contribution in [2.75, 3.05) is 26.7 Å². The van der Waals surface area contributed by atoms with Gasteiger partial charge >= 0.3 is 0 Å². The van der Waals surface area contributed by atoms with E-state index < -0.39 is 16.3 Å². The Kier molecular flexibility index (Phi) is 6.92. The van der Waals surface area contributed by atoms with Crippen LogP contribution in [-0.2, 0) is 10.0 Å². The molecule has 36 heavy (non-hydrogen) atoms. The zero-order valence-corrected chi connectivity index (χ0v) is 21.9. The molecule has 0 radical (unpaired) electrons. The van der Waals surface area contributed by atoms with Crippen LogP contribution in [0.4, 0.5) is 0 Å². The highest BCUT2D eigenvalue weighted by Gasteiger charge is 2.50. The Labute approximate surface area is 214 Å². The third-order valence-electron chi connectivity index (χ3n) is 7.64. The standard InChI is InChI=1S/C29H34N2O4S/c1-20-10-15-26(35-3)24(18-20)22-11-13-23(14-12-22)28-25-19-30(16-6-7-17-31(25)29(28)32)36(33,34)27-9-5-4-8-21(27)2/h4-5,8-15,18,25,28-29,32H,6-7,16-17,19H2,1-3H3/t25-,28-,29+/m0/s1. The second kappa shape index (κ2) is 9.98. The first-order chi connectivity index (χ1) is 17.3. The number of rotatable bonds is 5. The van der Waals surface area contributed by atoms with Gasteiger partial charge in [-0.05, 0) is 61.6 Å². The van der Waals surface area contributed by atoms with Crippen molar-refractivity contribution in [1.29, 1.82) is 0 Å². The SMILES string of the molecule is COc1ccc(C)cc1-c1ccc([C@@H]2[C@@H](O)N3CCCCN(S(=O)(=O)c4ccccc4C)C[C@@H]23)cc1. The second-order valence-corrected chi connectivity index (χ2v) is 11.8. The Morgan fingerprint density at radius 1 is 0.944 bits per heavy atom. The van der Waals surface area contributed by atoms with E-state index in [1.807, 2.05) is 31.2 Å². The molecule has 0 saturated carbocycles. The third-order valence-corrected chi connectivity index (χ3v) is 9.66. The Morgan fingerprint density at radius 2 is 1.67 bits per heavy atom. The Morgan fingerprint density at radius 3 is 2.39 bits per heavy atom. The predicted molar refractivity (Wildman–Crippen MR) is 142 cm³/mol. The molecule has 6 nitrogen and oxygen atoms in total. The molecule has 190 valence electrons. The van der Waals surface area contributed by atoms with Gasteiger partial charge in [-0.3, -0.25) is 4.90 Å². The molecule has 3 aromatic rings. The van der Waals surface area contributed by atoms with E-state index in [-0.39, 0.29) is 12.0 Å². The van der Waals surface area contributed by atoms with E-state index in [1.165, 1.54) is 0 Å². The maximum Gasteiger partial charge on any atom is 0.243 e. The van der Waals surface area contributed by atoms with Crippen molar-refractivity contribution >= 4 is 10.0 Å². The quantitative estimate of drug-likeness (QED) is 0.550. The van der Waals surface area contributed by atoms with Crippen LogP contribution in [0.5, 0.6) is 5.75 Å². The van der Waals surface area contributed by atoms with E-state index in [4.69, 9.17) is 4.74 Å². The summed E-state index contributed by atoms with van der Waals surface area (Å²) in [5, 5.41) is 11.1.